The number of benzene rings is 3. The van der Waals surface area contributed by atoms with Crippen LogP contribution in [0.15, 0.2) is 83.9 Å². The Morgan fingerprint density at radius 2 is 1.60 bits per heavy atom. The molecule has 1 aromatic heterocycles. The molecule has 2 atom stereocenters. The van der Waals surface area contributed by atoms with Crippen LogP contribution in [0.5, 0.6) is 0 Å². The Kier molecular flexibility index (Phi) is 9.78. The van der Waals surface area contributed by atoms with Gasteiger partial charge in [-0.1, -0.05) is 30.3 Å². The van der Waals surface area contributed by atoms with E-state index < -0.39 is 41.3 Å². The molecule has 0 saturated carbocycles. The molecule has 0 aliphatic carbocycles. The fraction of sp³-hybridized carbons (Fsp3) is 0.281. The van der Waals surface area contributed by atoms with E-state index in [9.17, 15) is 35.9 Å². The van der Waals surface area contributed by atoms with Gasteiger partial charge in [-0.05, 0) is 78.6 Å². The Morgan fingerprint density at radius 1 is 0.936 bits per heavy atom. The molecule has 7 nitrogen and oxygen atoms in total. The second-order valence-corrected chi connectivity index (χ2v) is 12.4. The van der Waals surface area contributed by atoms with E-state index in [1.54, 1.807) is 22.9 Å². The minimum absolute atomic E-state index is 0.0972. The number of anilines is 1. The summed E-state index contributed by atoms with van der Waals surface area (Å²) < 4.78 is 83.3. The Labute approximate surface area is 276 Å². The van der Waals surface area contributed by atoms with E-state index in [1.165, 1.54) is 43.3 Å². The average molecular weight is 694 g/mol. The van der Waals surface area contributed by atoms with Crippen molar-refractivity contribution in [1.82, 2.24) is 19.1 Å². The van der Waals surface area contributed by atoms with Crippen molar-refractivity contribution in [3.63, 3.8) is 0 Å². The fourth-order valence-corrected chi connectivity index (χ4v) is 6.39. The minimum atomic E-state index is -4.56. The maximum atomic E-state index is 13.6. The molecule has 248 valence electrons. The van der Waals surface area contributed by atoms with Crippen molar-refractivity contribution in [2.75, 3.05) is 32.5 Å². The Bertz CT molecular complexity index is 1810. The number of thiocarbonyl (C=S) groups is 1. The number of likely N-dealkylation sites (tertiary alicyclic amines) is 1. The summed E-state index contributed by atoms with van der Waals surface area (Å²) in [5.74, 6) is -1.36. The van der Waals surface area contributed by atoms with Gasteiger partial charge in [0.2, 0.25) is 0 Å². The maximum absolute atomic E-state index is 13.6. The van der Waals surface area contributed by atoms with Crippen LogP contribution in [0.4, 0.5) is 32.0 Å². The summed E-state index contributed by atoms with van der Waals surface area (Å²) in [4.78, 5) is 30.3. The fourth-order valence-electron chi connectivity index (χ4n) is 5.45. The minimum Gasteiger partial charge on any atom is -0.348 e. The van der Waals surface area contributed by atoms with Crippen LogP contribution in [-0.2, 0) is 21.9 Å². The highest BCUT2D eigenvalue weighted by Gasteiger charge is 2.35. The second kappa shape index (κ2) is 13.5. The average Bonchev–Trinajstić information content (AvgIpc) is 3.65. The lowest BCUT2D eigenvalue weighted by Crippen LogP contribution is -2.40. The number of aromatic nitrogens is 1. The second-order valence-electron chi connectivity index (χ2n) is 11.2. The first kappa shape index (κ1) is 34.1. The van der Waals surface area contributed by atoms with Crippen LogP contribution in [-0.4, -0.2) is 58.5 Å². The molecular weight excluding hydrogens is 665 g/mol. The molecule has 2 heterocycles. The van der Waals surface area contributed by atoms with Crippen LogP contribution in [0, 0.1) is 0 Å². The molecule has 0 spiro atoms. The van der Waals surface area contributed by atoms with E-state index in [-0.39, 0.29) is 21.6 Å². The van der Waals surface area contributed by atoms with Crippen LogP contribution < -0.4 is 10.0 Å². The number of carbonyl (C=O) groups excluding carboxylic acids is 2. The molecule has 5 rings (SSSR count). The lowest BCUT2D eigenvalue weighted by molar-refractivity contribution is -0.139. The normalized spacial score (nSPS) is 15.8. The van der Waals surface area contributed by atoms with E-state index >= 15 is 0 Å². The third-order valence-corrected chi connectivity index (χ3v) is 8.91. The van der Waals surface area contributed by atoms with E-state index in [2.05, 4.69) is 10.0 Å². The lowest BCUT2D eigenvalue weighted by atomic mass is 9.98. The molecule has 15 heteroatoms. The molecule has 0 bridgehead atoms. The number of rotatable bonds is 7. The quantitative estimate of drug-likeness (QED) is 0.0916. The van der Waals surface area contributed by atoms with Crippen molar-refractivity contribution in [1.29, 1.82) is 0 Å². The number of hydrogen-bond donors (Lipinski definition) is 2. The summed E-state index contributed by atoms with van der Waals surface area (Å²) in [5, 5.41) is 3.96. The van der Waals surface area contributed by atoms with Crippen LogP contribution in [0.25, 0.3) is 10.9 Å². The predicted molar refractivity (Wildman–Crippen MR) is 172 cm³/mol. The first-order chi connectivity index (χ1) is 22.1. The van der Waals surface area contributed by atoms with Gasteiger partial charge < -0.3 is 19.7 Å². The number of likely N-dealkylation sites (N-methyl/N-ethyl adjacent to an activating group) is 1. The molecule has 47 heavy (non-hydrogen) atoms. The highest BCUT2D eigenvalue weighted by atomic mass is 32.2. The zero-order valence-electron chi connectivity index (χ0n) is 25.0. The molecule has 1 aliphatic rings. The molecule has 3 aromatic carbocycles. The van der Waals surface area contributed by atoms with E-state index in [1.807, 2.05) is 17.0 Å². The molecule has 4 aromatic rings. The maximum Gasteiger partial charge on any atom is 0.416 e. The molecule has 1 aliphatic heterocycles. The van der Waals surface area contributed by atoms with E-state index in [0.29, 0.717) is 37.0 Å². The number of nitrogens with one attached hydrogen (secondary N) is 2. The summed E-state index contributed by atoms with van der Waals surface area (Å²) in [6.45, 7) is 0.950. The van der Waals surface area contributed by atoms with Gasteiger partial charge >= 0.3 is 12.4 Å². The number of halogens is 6. The highest BCUT2D eigenvalue weighted by Crippen LogP contribution is 2.37. The monoisotopic (exact) mass is 693 g/mol. The van der Waals surface area contributed by atoms with Crippen LogP contribution in [0.1, 0.15) is 35.1 Å². The first-order valence-electron chi connectivity index (χ1n) is 14.3. The van der Waals surface area contributed by atoms with Crippen molar-refractivity contribution >= 4 is 57.7 Å². The van der Waals surface area contributed by atoms with Gasteiger partial charge in [-0.3, -0.25) is 14.3 Å². The largest absolute Gasteiger partial charge is 0.416 e. The summed E-state index contributed by atoms with van der Waals surface area (Å²) >= 11 is 6.21. The molecule has 2 N–H and O–H groups in total. The number of nitrogens with zero attached hydrogens (tertiary/aromatic N) is 3. The Morgan fingerprint density at radius 3 is 2.28 bits per heavy atom. The summed E-state index contributed by atoms with van der Waals surface area (Å²) in [5.41, 5.74) is -0.000788. The number of hydrogen-bond acceptors (Lipinski definition) is 4. The van der Waals surface area contributed by atoms with Crippen molar-refractivity contribution in [3.05, 3.63) is 95.7 Å². The van der Waals surface area contributed by atoms with Gasteiger partial charge in [-0.2, -0.15) is 26.3 Å². The number of alkyl halides is 6. The molecule has 1 fully saturated rings. The number of amides is 2. The smallest absolute Gasteiger partial charge is 0.348 e. The zero-order valence-corrected chi connectivity index (χ0v) is 26.7. The van der Waals surface area contributed by atoms with Crippen molar-refractivity contribution in [3.8, 4) is 0 Å². The summed E-state index contributed by atoms with van der Waals surface area (Å²) in [6, 6.07) is 15.1. The van der Waals surface area contributed by atoms with E-state index in [4.69, 9.17) is 12.2 Å². The lowest BCUT2D eigenvalue weighted by Gasteiger charge is -2.22. The molecule has 2 unspecified atom stereocenters. The van der Waals surface area contributed by atoms with Crippen LogP contribution >= 0.6 is 24.2 Å². The third-order valence-electron chi connectivity index (χ3n) is 7.76. The number of para-hydroxylation sites is 1. The topological polar surface area (TPSA) is 69.6 Å². The molecule has 0 radical (unpaired) electrons. The number of carbonyl (C=O) groups is 2. The van der Waals surface area contributed by atoms with E-state index in [0.717, 1.165) is 35.2 Å². The number of fused-ring (bicyclic) bond motifs is 1. The van der Waals surface area contributed by atoms with Gasteiger partial charge in [0, 0.05) is 60.8 Å². The Hall–Kier alpha value is -4.24. The Balaban J connectivity index is 1.38. The van der Waals surface area contributed by atoms with Gasteiger partial charge in [0.15, 0.2) is 11.2 Å². The molecule has 2 amide bonds. The molecular formula is C32H29F6N5O2S2. The standard InChI is InChI=1S/C32H29F6N5O2S2/c1-41(2)29(45)27(28(44)40-47-23-10-6-8-21(16-23)32(36,37)38)43-18-25(24-11-3-4-12-26(24)43)19-13-14-42(17-19)30(46)39-22-9-5-7-20(15-22)31(33,34)35/h3-12,15-16,18-19,27H,13-14,17H2,1-2H3,(H,39,46)(H,40,44). The van der Waals surface area contributed by atoms with Gasteiger partial charge in [0.05, 0.1) is 11.1 Å². The van der Waals surface area contributed by atoms with Crippen LogP contribution in [0.2, 0.25) is 0 Å². The van der Waals surface area contributed by atoms with Crippen LogP contribution in [0.3, 0.4) is 0 Å². The van der Waals surface area contributed by atoms with Gasteiger partial charge in [0.1, 0.15) is 0 Å². The SMILES string of the molecule is CN(C)C(=O)C(C(=O)NSc1cccc(C(F)(F)F)c1)n1cc(C2CCN(C(=S)Nc3cccc(C(F)(F)F)c3)C2)c2ccccc21. The highest BCUT2D eigenvalue weighted by molar-refractivity contribution is 7.98. The van der Waals surface area contributed by atoms with Gasteiger partial charge in [0.25, 0.3) is 11.8 Å². The third kappa shape index (κ3) is 7.67. The predicted octanol–water partition coefficient (Wildman–Crippen LogP) is 7.32. The zero-order chi connectivity index (χ0) is 34.1. The molecule has 1 saturated heterocycles. The summed E-state index contributed by atoms with van der Waals surface area (Å²) in [7, 11) is 3.00. The van der Waals surface area contributed by atoms with Gasteiger partial charge in [-0.25, -0.2) is 0 Å². The van der Waals surface area contributed by atoms with Crippen molar-refractivity contribution in [2.45, 2.75) is 35.6 Å². The summed E-state index contributed by atoms with van der Waals surface area (Å²) in [6.07, 6.45) is -6.67. The van der Waals surface area contributed by atoms with Gasteiger partial charge in [-0.15, -0.1) is 0 Å². The first-order valence-corrected chi connectivity index (χ1v) is 15.5. The van der Waals surface area contributed by atoms with Crippen molar-refractivity contribution < 1.29 is 35.9 Å². The van der Waals surface area contributed by atoms with Crippen molar-refractivity contribution in [2.24, 2.45) is 0 Å².